The van der Waals surface area contributed by atoms with Crippen LogP contribution in [0.15, 0.2) is 18.2 Å². The predicted octanol–water partition coefficient (Wildman–Crippen LogP) is 3.87. The highest BCUT2D eigenvalue weighted by Gasteiger charge is 2.71. The number of rotatable bonds is 2. The summed E-state index contributed by atoms with van der Waals surface area (Å²) in [6, 6.07) is 3.28. The number of halogens is 6. The van der Waals surface area contributed by atoms with Gasteiger partial charge in [0.1, 0.15) is 0 Å². The van der Waals surface area contributed by atoms with E-state index in [1.807, 2.05) is 0 Å². The summed E-state index contributed by atoms with van der Waals surface area (Å²) >= 11 is 0. The number of hydrogen-bond donors (Lipinski definition) is 1. The van der Waals surface area contributed by atoms with Gasteiger partial charge in [-0.05, 0) is 18.9 Å². The van der Waals surface area contributed by atoms with E-state index in [4.69, 9.17) is 0 Å². The van der Waals surface area contributed by atoms with Gasteiger partial charge in [-0.2, -0.15) is 26.3 Å². The molecule has 0 heterocycles. The second-order valence-electron chi connectivity index (χ2n) is 4.22. The predicted molar refractivity (Wildman–Crippen MR) is 56.6 cm³/mol. The molecule has 0 spiro atoms. The van der Waals surface area contributed by atoms with E-state index < -0.39 is 23.5 Å². The molecule has 0 saturated heterocycles. The Bertz CT molecular complexity index is 446. The molecular weight excluding hydrogens is 274 g/mol. The van der Waals surface area contributed by atoms with Crippen molar-refractivity contribution < 1.29 is 31.4 Å². The van der Waals surface area contributed by atoms with E-state index in [1.165, 1.54) is 19.9 Å². The second kappa shape index (κ2) is 4.70. The van der Waals surface area contributed by atoms with Crippen LogP contribution in [-0.4, -0.2) is 17.5 Å². The standard InChI is InChI=1S/C12H12F6O/c1-3-8-5-4-7(2)6-9(8)10(19,11(13,14)15)12(16,17)18/h4-6,19H,3H2,1-2H3. The van der Waals surface area contributed by atoms with Crippen molar-refractivity contribution in [1.82, 2.24) is 0 Å². The number of benzene rings is 1. The Labute approximate surface area is 105 Å². The van der Waals surface area contributed by atoms with Crippen LogP contribution in [0.5, 0.6) is 0 Å². The molecule has 19 heavy (non-hydrogen) atoms. The molecule has 0 aliphatic carbocycles. The van der Waals surface area contributed by atoms with Gasteiger partial charge in [-0.3, -0.25) is 0 Å². The van der Waals surface area contributed by atoms with Crippen LogP contribution in [0.4, 0.5) is 26.3 Å². The molecule has 0 atom stereocenters. The number of aliphatic hydroxyl groups is 1. The Morgan fingerprint density at radius 1 is 1.00 bits per heavy atom. The molecule has 0 aliphatic heterocycles. The smallest absolute Gasteiger partial charge is 0.369 e. The van der Waals surface area contributed by atoms with E-state index >= 15 is 0 Å². The van der Waals surface area contributed by atoms with Gasteiger partial charge in [0.25, 0.3) is 5.60 Å². The van der Waals surface area contributed by atoms with Crippen LogP contribution in [0.1, 0.15) is 23.6 Å². The van der Waals surface area contributed by atoms with E-state index in [0.29, 0.717) is 0 Å². The fraction of sp³-hybridized carbons (Fsp3) is 0.500. The first kappa shape index (κ1) is 15.8. The van der Waals surface area contributed by atoms with Crippen molar-refractivity contribution >= 4 is 0 Å². The molecule has 0 aromatic heterocycles. The monoisotopic (exact) mass is 286 g/mol. The average Bonchev–Trinajstić information content (AvgIpc) is 2.24. The zero-order chi connectivity index (χ0) is 15.1. The minimum Gasteiger partial charge on any atom is -0.369 e. The van der Waals surface area contributed by atoms with Crippen molar-refractivity contribution in [1.29, 1.82) is 0 Å². The Hall–Kier alpha value is -1.24. The molecule has 0 radical (unpaired) electrons. The summed E-state index contributed by atoms with van der Waals surface area (Å²) < 4.78 is 76.6. The number of aryl methyl sites for hydroxylation is 2. The largest absolute Gasteiger partial charge is 0.430 e. The highest BCUT2D eigenvalue weighted by molar-refractivity contribution is 5.38. The van der Waals surface area contributed by atoms with Crippen LogP contribution in [0.3, 0.4) is 0 Å². The first-order chi connectivity index (χ1) is 8.45. The maximum atomic E-state index is 12.8. The molecule has 108 valence electrons. The zero-order valence-electron chi connectivity index (χ0n) is 10.2. The van der Waals surface area contributed by atoms with Crippen molar-refractivity contribution in [2.24, 2.45) is 0 Å². The van der Waals surface area contributed by atoms with Crippen molar-refractivity contribution in [2.45, 2.75) is 38.2 Å². The molecule has 7 heteroatoms. The van der Waals surface area contributed by atoms with Crippen LogP contribution in [-0.2, 0) is 12.0 Å². The first-order valence-corrected chi connectivity index (χ1v) is 5.41. The van der Waals surface area contributed by atoms with Crippen molar-refractivity contribution in [3.8, 4) is 0 Å². The third kappa shape index (κ3) is 2.56. The molecule has 1 aromatic carbocycles. The van der Waals surface area contributed by atoms with Crippen molar-refractivity contribution in [3.63, 3.8) is 0 Å². The Balaban J connectivity index is 3.65. The van der Waals surface area contributed by atoms with Gasteiger partial charge in [-0.25, -0.2) is 0 Å². The van der Waals surface area contributed by atoms with Gasteiger partial charge in [0, 0.05) is 5.56 Å². The van der Waals surface area contributed by atoms with Gasteiger partial charge in [0.15, 0.2) is 0 Å². The molecule has 0 bridgehead atoms. The summed E-state index contributed by atoms with van der Waals surface area (Å²) in [7, 11) is 0. The minimum atomic E-state index is -5.84. The molecule has 0 saturated carbocycles. The molecule has 0 unspecified atom stereocenters. The first-order valence-electron chi connectivity index (χ1n) is 5.41. The van der Waals surface area contributed by atoms with Crippen LogP contribution in [0, 0.1) is 6.92 Å². The van der Waals surface area contributed by atoms with E-state index in [-0.39, 0.29) is 17.5 Å². The molecule has 1 N–H and O–H groups in total. The lowest BCUT2D eigenvalue weighted by atomic mass is 9.86. The lowest BCUT2D eigenvalue weighted by molar-refractivity contribution is -0.376. The maximum Gasteiger partial charge on any atom is 0.430 e. The molecule has 0 aliphatic rings. The van der Waals surface area contributed by atoms with Crippen LogP contribution < -0.4 is 0 Å². The molecule has 0 amide bonds. The lowest BCUT2D eigenvalue weighted by Gasteiger charge is -2.34. The minimum absolute atomic E-state index is 0.0515. The van der Waals surface area contributed by atoms with E-state index in [2.05, 4.69) is 0 Å². The molecular formula is C12H12F6O. The van der Waals surface area contributed by atoms with Gasteiger partial charge >= 0.3 is 12.4 Å². The molecule has 0 fully saturated rings. The summed E-state index contributed by atoms with van der Waals surface area (Å²) in [6.45, 7) is 2.78. The quantitative estimate of drug-likeness (QED) is 0.818. The third-order valence-electron chi connectivity index (χ3n) is 2.86. The van der Waals surface area contributed by atoms with Gasteiger partial charge in [0.2, 0.25) is 0 Å². The topological polar surface area (TPSA) is 20.2 Å². The molecule has 1 aromatic rings. The fourth-order valence-electron chi connectivity index (χ4n) is 1.80. The van der Waals surface area contributed by atoms with Crippen molar-refractivity contribution in [3.05, 3.63) is 34.9 Å². The van der Waals surface area contributed by atoms with E-state index in [9.17, 15) is 31.4 Å². The lowest BCUT2D eigenvalue weighted by Crippen LogP contribution is -2.54. The Kier molecular flexibility index (Phi) is 3.91. The summed E-state index contributed by atoms with van der Waals surface area (Å²) in [6.07, 6.45) is -11.7. The molecule has 1 nitrogen and oxygen atoms in total. The Morgan fingerprint density at radius 3 is 1.84 bits per heavy atom. The highest BCUT2D eigenvalue weighted by atomic mass is 19.4. The zero-order valence-corrected chi connectivity index (χ0v) is 10.2. The maximum absolute atomic E-state index is 12.8. The van der Waals surface area contributed by atoms with Crippen LogP contribution in [0.2, 0.25) is 0 Å². The number of alkyl halides is 6. The fourth-order valence-corrected chi connectivity index (χ4v) is 1.80. The van der Waals surface area contributed by atoms with Gasteiger partial charge < -0.3 is 5.11 Å². The summed E-state index contributed by atoms with van der Waals surface area (Å²) in [5.74, 6) is 0. The molecule has 1 rings (SSSR count). The van der Waals surface area contributed by atoms with Gasteiger partial charge in [-0.1, -0.05) is 30.7 Å². The van der Waals surface area contributed by atoms with Gasteiger partial charge in [0.05, 0.1) is 0 Å². The second-order valence-corrected chi connectivity index (χ2v) is 4.22. The normalized spacial score (nSPS) is 13.7. The number of hydrogen-bond acceptors (Lipinski definition) is 1. The van der Waals surface area contributed by atoms with Crippen molar-refractivity contribution in [2.75, 3.05) is 0 Å². The average molecular weight is 286 g/mol. The van der Waals surface area contributed by atoms with Crippen LogP contribution in [0.25, 0.3) is 0 Å². The SMILES string of the molecule is CCc1ccc(C)cc1C(O)(C(F)(F)F)C(F)(F)F. The highest BCUT2D eigenvalue weighted by Crippen LogP contribution is 2.51. The van der Waals surface area contributed by atoms with E-state index in [0.717, 1.165) is 12.1 Å². The summed E-state index contributed by atoms with van der Waals surface area (Å²) in [5.41, 5.74) is -5.99. The van der Waals surface area contributed by atoms with E-state index in [1.54, 1.807) is 0 Å². The summed E-state index contributed by atoms with van der Waals surface area (Å²) in [5, 5.41) is 9.34. The summed E-state index contributed by atoms with van der Waals surface area (Å²) in [4.78, 5) is 0. The third-order valence-corrected chi connectivity index (χ3v) is 2.86. The Morgan fingerprint density at radius 2 is 1.47 bits per heavy atom. The van der Waals surface area contributed by atoms with Crippen LogP contribution >= 0.6 is 0 Å². The van der Waals surface area contributed by atoms with Gasteiger partial charge in [-0.15, -0.1) is 0 Å².